The highest BCUT2D eigenvalue weighted by Crippen LogP contribution is 2.20. The molecule has 2 N–H and O–H groups in total. The van der Waals surface area contributed by atoms with Gasteiger partial charge in [0.25, 0.3) is 0 Å². The lowest BCUT2D eigenvalue weighted by atomic mass is 10.2. The van der Waals surface area contributed by atoms with Gasteiger partial charge in [0.05, 0.1) is 18.8 Å². The van der Waals surface area contributed by atoms with Gasteiger partial charge in [-0.1, -0.05) is 0 Å². The second kappa shape index (κ2) is 8.81. The Morgan fingerprint density at radius 2 is 2.15 bits per heavy atom. The second-order valence-corrected chi connectivity index (χ2v) is 4.33. The molecule has 5 nitrogen and oxygen atoms in total. The third-order valence-electron chi connectivity index (χ3n) is 2.71. The number of anilines is 1. The zero-order valence-corrected chi connectivity index (χ0v) is 11.7. The average molecular weight is 276 g/mol. The zero-order chi connectivity index (χ0) is 14.8. The molecule has 0 aliphatic rings. The summed E-state index contributed by atoms with van der Waals surface area (Å²) in [6.45, 7) is 2.74. The summed E-state index contributed by atoms with van der Waals surface area (Å²) < 4.78 is 10.4. The highest BCUT2D eigenvalue weighted by atomic mass is 16.5. The van der Waals surface area contributed by atoms with Crippen LogP contribution >= 0.6 is 0 Å². The summed E-state index contributed by atoms with van der Waals surface area (Å²) in [4.78, 5) is 11.1. The van der Waals surface area contributed by atoms with E-state index in [4.69, 9.17) is 20.5 Å². The fourth-order valence-corrected chi connectivity index (χ4v) is 1.72. The van der Waals surface area contributed by atoms with Gasteiger partial charge in [0, 0.05) is 12.1 Å². The molecule has 108 valence electrons. The standard InChI is InChI=1S/C15H20N2O3/c1-2-19-15(18)6-4-3-5-9-20-14-8-7-13(17)10-12(14)11-16/h7-8,10H,2-6,9,17H2,1H3. The van der Waals surface area contributed by atoms with Crippen molar-refractivity contribution >= 4 is 11.7 Å². The normalized spacial score (nSPS) is 9.80. The van der Waals surface area contributed by atoms with Crippen molar-refractivity contribution in [2.45, 2.75) is 32.6 Å². The van der Waals surface area contributed by atoms with E-state index in [1.165, 1.54) is 0 Å². The van der Waals surface area contributed by atoms with Gasteiger partial charge < -0.3 is 15.2 Å². The van der Waals surface area contributed by atoms with Crippen LogP contribution in [0.1, 0.15) is 38.2 Å². The van der Waals surface area contributed by atoms with Crippen LogP contribution in [0.15, 0.2) is 18.2 Å². The number of carbonyl (C=O) groups excluding carboxylic acids is 1. The molecule has 1 rings (SSSR count). The summed E-state index contributed by atoms with van der Waals surface area (Å²) in [6.07, 6.45) is 2.94. The molecule has 0 spiro atoms. The van der Waals surface area contributed by atoms with Crippen molar-refractivity contribution in [3.8, 4) is 11.8 Å². The number of carbonyl (C=O) groups is 1. The maximum absolute atomic E-state index is 11.1. The second-order valence-electron chi connectivity index (χ2n) is 4.33. The van der Waals surface area contributed by atoms with E-state index >= 15 is 0 Å². The van der Waals surface area contributed by atoms with Crippen LogP contribution in [0.5, 0.6) is 5.75 Å². The van der Waals surface area contributed by atoms with Gasteiger partial charge in [-0.2, -0.15) is 5.26 Å². The Balaban J connectivity index is 2.22. The quantitative estimate of drug-likeness (QED) is 0.448. The molecule has 0 saturated carbocycles. The summed E-state index contributed by atoms with van der Waals surface area (Å²) in [5.74, 6) is 0.394. The number of nitriles is 1. The van der Waals surface area contributed by atoms with Gasteiger partial charge in [0.15, 0.2) is 0 Å². The highest BCUT2D eigenvalue weighted by Gasteiger charge is 2.04. The van der Waals surface area contributed by atoms with Crippen LogP contribution in [0, 0.1) is 11.3 Å². The summed E-state index contributed by atoms with van der Waals surface area (Å²) in [5, 5.41) is 8.96. The lowest BCUT2D eigenvalue weighted by molar-refractivity contribution is -0.143. The molecule has 0 aliphatic heterocycles. The first-order chi connectivity index (χ1) is 9.67. The van der Waals surface area contributed by atoms with Gasteiger partial charge >= 0.3 is 5.97 Å². The molecule has 0 fully saturated rings. The van der Waals surface area contributed by atoms with E-state index in [0.717, 1.165) is 19.3 Å². The van der Waals surface area contributed by atoms with Gasteiger partial charge in [0.2, 0.25) is 0 Å². The lowest BCUT2D eigenvalue weighted by Gasteiger charge is -2.08. The van der Waals surface area contributed by atoms with Gasteiger partial charge in [-0.05, 0) is 44.4 Å². The number of nitrogens with zero attached hydrogens (tertiary/aromatic N) is 1. The molecular weight excluding hydrogens is 256 g/mol. The number of unbranched alkanes of at least 4 members (excludes halogenated alkanes) is 2. The highest BCUT2D eigenvalue weighted by molar-refractivity contribution is 5.69. The maximum atomic E-state index is 11.1. The Morgan fingerprint density at radius 3 is 2.85 bits per heavy atom. The molecule has 0 bridgehead atoms. The molecule has 0 heterocycles. The number of hydrogen-bond donors (Lipinski definition) is 1. The molecule has 0 aliphatic carbocycles. The molecular formula is C15H20N2O3. The Kier molecular flexibility index (Phi) is 6.97. The van der Waals surface area contributed by atoms with E-state index < -0.39 is 0 Å². The van der Waals surface area contributed by atoms with Crippen molar-refractivity contribution in [2.75, 3.05) is 18.9 Å². The fourth-order valence-electron chi connectivity index (χ4n) is 1.72. The van der Waals surface area contributed by atoms with Gasteiger partial charge in [-0.25, -0.2) is 0 Å². The molecule has 0 unspecified atom stereocenters. The minimum atomic E-state index is -0.154. The number of nitrogens with two attached hydrogens (primary N) is 1. The molecule has 0 radical (unpaired) electrons. The zero-order valence-electron chi connectivity index (χ0n) is 11.7. The first kappa shape index (κ1) is 15.8. The summed E-state index contributed by atoms with van der Waals surface area (Å²) in [6, 6.07) is 7.05. The Bertz CT molecular complexity index is 480. The summed E-state index contributed by atoms with van der Waals surface area (Å²) in [7, 11) is 0. The van der Waals surface area contributed by atoms with Gasteiger partial charge in [0.1, 0.15) is 11.8 Å². The molecule has 0 aromatic heterocycles. The Morgan fingerprint density at radius 1 is 1.35 bits per heavy atom. The Hall–Kier alpha value is -2.22. The molecule has 1 aromatic carbocycles. The number of rotatable bonds is 8. The Labute approximate surface area is 119 Å². The average Bonchev–Trinajstić information content (AvgIpc) is 2.44. The van der Waals surface area contributed by atoms with E-state index in [0.29, 0.717) is 36.6 Å². The van der Waals surface area contributed by atoms with Crippen molar-refractivity contribution < 1.29 is 14.3 Å². The van der Waals surface area contributed by atoms with Crippen LogP contribution in [0.4, 0.5) is 5.69 Å². The van der Waals surface area contributed by atoms with Crippen molar-refractivity contribution in [1.82, 2.24) is 0 Å². The number of nitrogen functional groups attached to an aromatic ring is 1. The molecule has 1 aromatic rings. The van der Waals surface area contributed by atoms with Crippen molar-refractivity contribution in [1.29, 1.82) is 5.26 Å². The van der Waals surface area contributed by atoms with Gasteiger partial charge in [-0.3, -0.25) is 4.79 Å². The molecule has 0 amide bonds. The number of esters is 1. The van der Waals surface area contributed by atoms with Crippen LogP contribution in [0.2, 0.25) is 0 Å². The molecule has 5 heteroatoms. The fraction of sp³-hybridized carbons (Fsp3) is 0.467. The van der Waals surface area contributed by atoms with Crippen LogP contribution < -0.4 is 10.5 Å². The van der Waals surface area contributed by atoms with Crippen LogP contribution in [-0.2, 0) is 9.53 Å². The molecule has 20 heavy (non-hydrogen) atoms. The predicted molar refractivity (Wildman–Crippen MR) is 76.2 cm³/mol. The SMILES string of the molecule is CCOC(=O)CCCCCOc1ccc(N)cc1C#N. The van der Waals surface area contributed by atoms with E-state index in [1.54, 1.807) is 25.1 Å². The number of benzene rings is 1. The predicted octanol–water partition coefficient (Wildman–Crippen LogP) is 2.64. The van der Waals surface area contributed by atoms with Crippen LogP contribution in [-0.4, -0.2) is 19.2 Å². The summed E-state index contributed by atoms with van der Waals surface area (Å²) in [5.41, 5.74) is 6.59. The first-order valence-electron chi connectivity index (χ1n) is 6.75. The van der Waals surface area contributed by atoms with E-state index in [2.05, 4.69) is 6.07 Å². The number of hydrogen-bond acceptors (Lipinski definition) is 5. The van der Waals surface area contributed by atoms with Crippen molar-refractivity contribution in [2.24, 2.45) is 0 Å². The maximum Gasteiger partial charge on any atom is 0.305 e. The van der Waals surface area contributed by atoms with E-state index in [1.807, 2.05) is 0 Å². The van der Waals surface area contributed by atoms with E-state index in [9.17, 15) is 4.79 Å². The largest absolute Gasteiger partial charge is 0.492 e. The minimum Gasteiger partial charge on any atom is -0.492 e. The first-order valence-corrected chi connectivity index (χ1v) is 6.75. The van der Waals surface area contributed by atoms with E-state index in [-0.39, 0.29) is 5.97 Å². The minimum absolute atomic E-state index is 0.154. The lowest BCUT2D eigenvalue weighted by Crippen LogP contribution is -2.04. The van der Waals surface area contributed by atoms with Crippen molar-refractivity contribution in [3.63, 3.8) is 0 Å². The third kappa shape index (κ3) is 5.61. The third-order valence-corrected chi connectivity index (χ3v) is 2.71. The van der Waals surface area contributed by atoms with Crippen LogP contribution in [0.3, 0.4) is 0 Å². The molecule has 0 saturated heterocycles. The monoisotopic (exact) mass is 276 g/mol. The smallest absolute Gasteiger partial charge is 0.305 e. The molecule has 0 atom stereocenters. The van der Waals surface area contributed by atoms with Crippen LogP contribution in [0.25, 0.3) is 0 Å². The van der Waals surface area contributed by atoms with Gasteiger partial charge in [-0.15, -0.1) is 0 Å². The topological polar surface area (TPSA) is 85.3 Å². The van der Waals surface area contributed by atoms with Crippen molar-refractivity contribution in [3.05, 3.63) is 23.8 Å². The summed E-state index contributed by atoms with van der Waals surface area (Å²) >= 11 is 0. The number of ether oxygens (including phenoxy) is 2.